The number of hydrogen-bond donors (Lipinski definition) is 0. The van der Waals surface area contributed by atoms with Gasteiger partial charge >= 0.3 is 11.2 Å². The number of methoxy groups -OCH3 is 1. The smallest absolute Gasteiger partial charge is 0.334 e. The van der Waals surface area contributed by atoms with Gasteiger partial charge in [0.25, 0.3) is 0 Å². The molecule has 1 heterocycles. The third-order valence-corrected chi connectivity index (χ3v) is 2.87. The number of ether oxygens (including phenoxy) is 1. The number of pyridine rings is 1. The molecule has 1 aliphatic carbocycles. The van der Waals surface area contributed by atoms with Crippen LogP contribution in [-0.2, 0) is 11.3 Å². The molecule has 17 heavy (non-hydrogen) atoms. The van der Waals surface area contributed by atoms with Gasteiger partial charge in [0, 0.05) is 25.9 Å². The summed E-state index contributed by atoms with van der Waals surface area (Å²) in [7, 11) is 1.53. The number of hydrogen-bond acceptors (Lipinski definition) is 4. The fourth-order valence-electron chi connectivity index (χ4n) is 1.77. The van der Waals surface area contributed by atoms with Gasteiger partial charge in [-0.15, -0.1) is 0 Å². The first-order chi connectivity index (χ1) is 8.13. The summed E-state index contributed by atoms with van der Waals surface area (Å²) >= 11 is 0. The lowest BCUT2D eigenvalue weighted by Crippen LogP contribution is -2.24. The van der Waals surface area contributed by atoms with E-state index in [4.69, 9.17) is 4.74 Å². The third kappa shape index (κ3) is 2.52. The molecule has 0 aromatic carbocycles. The molecule has 0 atom stereocenters. The summed E-state index contributed by atoms with van der Waals surface area (Å²) in [6.45, 7) is 0.710. The van der Waals surface area contributed by atoms with E-state index in [1.54, 1.807) is 6.20 Å². The zero-order valence-electron chi connectivity index (χ0n) is 9.59. The highest BCUT2D eigenvalue weighted by Crippen LogP contribution is 2.40. The van der Waals surface area contributed by atoms with E-state index in [1.165, 1.54) is 17.7 Å². The Morgan fingerprint density at radius 3 is 2.82 bits per heavy atom. The van der Waals surface area contributed by atoms with Crippen molar-refractivity contribution in [1.29, 1.82) is 0 Å². The van der Waals surface area contributed by atoms with Crippen molar-refractivity contribution in [3.05, 3.63) is 38.3 Å². The maximum Gasteiger partial charge on any atom is 0.334 e. The molecule has 0 spiro atoms. The van der Waals surface area contributed by atoms with Crippen molar-refractivity contribution < 1.29 is 9.66 Å². The van der Waals surface area contributed by atoms with E-state index in [2.05, 4.69) is 0 Å². The van der Waals surface area contributed by atoms with Crippen molar-refractivity contribution in [3.63, 3.8) is 0 Å². The molecule has 0 aliphatic heterocycles. The minimum atomic E-state index is -0.614. The molecule has 0 N–H and O–H groups in total. The molecule has 0 saturated heterocycles. The van der Waals surface area contributed by atoms with Gasteiger partial charge in [0.05, 0.1) is 11.5 Å². The normalized spacial score (nSPS) is 14.9. The van der Waals surface area contributed by atoms with Crippen molar-refractivity contribution in [2.75, 3.05) is 13.7 Å². The average Bonchev–Trinajstić information content (AvgIpc) is 3.11. The molecule has 1 aromatic heterocycles. The molecule has 1 aliphatic rings. The molecule has 0 bridgehead atoms. The van der Waals surface area contributed by atoms with Crippen molar-refractivity contribution in [2.24, 2.45) is 0 Å². The molecule has 6 heteroatoms. The summed E-state index contributed by atoms with van der Waals surface area (Å²) in [5.74, 6) is 0.378. The van der Waals surface area contributed by atoms with Crippen LogP contribution in [0.2, 0.25) is 0 Å². The minimum Gasteiger partial charge on any atom is -0.383 e. The molecule has 1 aromatic rings. The van der Waals surface area contributed by atoms with Gasteiger partial charge in [-0.05, 0) is 24.3 Å². The first kappa shape index (κ1) is 11.8. The average molecular weight is 238 g/mol. The minimum absolute atomic E-state index is 0.342. The molecule has 92 valence electrons. The van der Waals surface area contributed by atoms with Crippen LogP contribution in [0.3, 0.4) is 0 Å². The Morgan fingerprint density at radius 1 is 1.59 bits per heavy atom. The van der Waals surface area contributed by atoms with Crippen LogP contribution in [0.5, 0.6) is 0 Å². The van der Waals surface area contributed by atoms with Gasteiger partial charge in [-0.1, -0.05) is 0 Å². The van der Waals surface area contributed by atoms with Crippen LogP contribution in [0.15, 0.2) is 17.1 Å². The Hall–Kier alpha value is -1.69. The predicted molar refractivity (Wildman–Crippen MR) is 61.2 cm³/mol. The van der Waals surface area contributed by atoms with Crippen molar-refractivity contribution in [2.45, 2.75) is 25.3 Å². The van der Waals surface area contributed by atoms with E-state index in [0.29, 0.717) is 19.1 Å². The van der Waals surface area contributed by atoms with Crippen LogP contribution in [0.25, 0.3) is 0 Å². The topological polar surface area (TPSA) is 74.4 Å². The fraction of sp³-hybridized carbons (Fsp3) is 0.545. The number of aromatic nitrogens is 1. The highest BCUT2D eigenvalue weighted by molar-refractivity contribution is 5.34. The Balaban J connectivity index is 2.41. The Morgan fingerprint density at radius 2 is 2.29 bits per heavy atom. The van der Waals surface area contributed by atoms with Crippen LogP contribution >= 0.6 is 0 Å². The molecular formula is C11H14N2O4. The third-order valence-electron chi connectivity index (χ3n) is 2.87. The second-order valence-corrected chi connectivity index (χ2v) is 4.18. The second-order valence-electron chi connectivity index (χ2n) is 4.18. The highest BCUT2D eigenvalue weighted by Gasteiger charge is 2.27. The molecule has 0 radical (unpaired) electrons. The van der Waals surface area contributed by atoms with Gasteiger partial charge in [0.15, 0.2) is 0 Å². The standard InChI is InChI=1S/C11H14N2O4/c1-17-5-4-12-7-9(8-2-3-8)6-10(11(12)14)13(15)16/h6-8H,2-5H2,1H3. The monoisotopic (exact) mass is 238 g/mol. The predicted octanol–water partition coefficient (Wildman–Crippen LogP) is 1.28. The van der Waals surface area contributed by atoms with E-state index in [-0.39, 0.29) is 5.69 Å². The lowest BCUT2D eigenvalue weighted by molar-refractivity contribution is -0.386. The van der Waals surface area contributed by atoms with Crippen LogP contribution in [0, 0.1) is 10.1 Å². The summed E-state index contributed by atoms with van der Waals surface area (Å²) in [6.07, 6.45) is 3.80. The van der Waals surface area contributed by atoms with Crippen LogP contribution in [0.1, 0.15) is 24.3 Å². The lowest BCUT2D eigenvalue weighted by atomic mass is 10.2. The molecule has 0 amide bonds. The first-order valence-corrected chi connectivity index (χ1v) is 5.51. The van der Waals surface area contributed by atoms with Crippen LogP contribution < -0.4 is 5.56 Å². The molecule has 1 saturated carbocycles. The van der Waals surface area contributed by atoms with E-state index < -0.39 is 10.5 Å². The lowest BCUT2D eigenvalue weighted by Gasteiger charge is -2.07. The maximum atomic E-state index is 11.8. The Labute approximate surface area is 98.0 Å². The SMILES string of the molecule is COCCn1cc(C2CC2)cc([N+](=O)[O-])c1=O. The summed E-state index contributed by atoms with van der Waals surface area (Å²) in [5.41, 5.74) is -0.0191. The first-order valence-electron chi connectivity index (χ1n) is 5.51. The van der Waals surface area contributed by atoms with Crippen molar-refractivity contribution in [1.82, 2.24) is 4.57 Å². The van der Waals surface area contributed by atoms with Gasteiger partial charge in [-0.2, -0.15) is 0 Å². The summed E-state index contributed by atoms with van der Waals surface area (Å²) < 4.78 is 6.26. The van der Waals surface area contributed by atoms with Crippen molar-refractivity contribution >= 4 is 5.69 Å². The van der Waals surface area contributed by atoms with E-state index in [0.717, 1.165) is 18.4 Å². The zero-order chi connectivity index (χ0) is 12.4. The Bertz CT molecular complexity index is 491. The van der Waals surface area contributed by atoms with Gasteiger partial charge in [-0.25, -0.2) is 0 Å². The molecule has 6 nitrogen and oxygen atoms in total. The van der Waals surface area contributed by atoms with Crippen LogP contribution in [-0.4, -0.2) is 23.2 Å². The van der Waals surface area contributed by atoms with Crippen LogP contribution in [0.4, 0.5) is 5.69 Å². The van der Waals surface area contributed by atoms with Gasteiger partial charge < -0.3 is 9.30 Å². The number of nitro groups is 1. The van der Waals surface area contributed by atoms with Crippen molar-refractivity contribution in [3.8, 4) is 0 Å². The summed E-state index contributed by atoms with van der Waals surface area (Å²) in [4.78, 5) is 22.0. The molecule has 1 fully saturated rings. The second kappa shape index (κ2) is 4.67. The van der Waals surface area contributed by atoms with E-state index in [1.807, 2.05) is 0 Å². The quantitative estimate of drug-likeness (QED) is 0.572. The number of nitrogens with zero attached hydrogens (tertiary/aromatic N) is 2. The molecule has 2 rings (SSSR count). The summed E-state index contributed by atoms with van der Waals surface area (Å²) in [5, 5.41) is 10.8. The fourth-order valence-corrected chi connectivity index (χ4v) is 1.77. The Kier molecular flexibility index (Phi) is 3.23. The van der Waals surface area contributed by atoms with E-state index in [9.17, 15) is 14.9 Å². The van der Waals surface area contributed by atoms with E-state index >= 15 is 0 Å². The zero-order valence-corrected chi connectivity index (χ0v) is 9.59. The van der Waals surface area contributed by atoms with Gasteiger partial charge in [0.2, 0.25) is 0 Å². The van der Waals surface area contributed by atoms with Gasteiger partial charge in [-0.3, -0.25) is 14.9 Å². The molecule has 0 unspecified atom stereocenters. The highest BCUT2D eigenvalue weighted by atomic mass is 16.6. The van der Waals surface area contributed by atoms with Gasteiger partial charge in [0.1, 0.15) is 0 Å². The maximum absolute atomic E-state index is 11.8. The molecular weight excluding hydrogens is 224 g/mol. The largest absolute Gasteiger partial charge is 0.383 e. The summed E-state index contributed by atoms with van der Waals surface area (Å²) in [6, 6.07) is 1.41. The number of rotatable bonds is 5.